The number of carbonyl (C=O) groups excluding carboxylic acids is 1. The summed E-state index contributed by atoms with van der Waals surface area (Å²) in [6.07, 6.45) is 2.09. The number of hydrogen-bond donors (Lipinski definition) is 2. The predicted octanol–water partition coefficient (Wildman–Crippen LogP) is -0.0844. The molecule has 2 rings (SSSR count). The first-order valence-corrected chi connectivity index (χ1v) is 6.97. The zero-order valence-corrected chi connectivity index (χ0v) is 12.2. The first-order chi connectivity index (χ1) is 9.40. The van der Waals surface area contributed by atoms with Gasteiger partial charge in [-0.3, -0.25) is 4.79 Å². The molecule has 0 bridgehead atoms. The molecule has 7 heteroatoms. The van der Waals surface area contributed by atoms with Crippen LogP contribution in [-0.4, -0.2) is 49.9 Å². The van der Waals surface area contributed by atoms with Gasteiger partial charge >= 0.3 is 0 Å². The molecule has 1 saturated carbocycles. The zero-order valence-electron chi connectivity index (χ0n) is 12.2. The van der Waals surface area contributed by atoms with E-state index >= 15 is 0 Å². The van der Waals surface area contributed by atoms with Crippen molar-refractivity contribution >= 4 is 5.91 Å². The molecule has 1 aliphatic rings. The molecule has 1 aromatic heterocycles. The average molecular weight is 281 g/mol. The van der Waals surface area contributed by atoms with Gasteiger partial charge in [-0.25, -0.2) is 0 Å². The van der Waals surface area contributed by atoms with Gasteiger partial charge in [0.25, 0.3) is 0 Å². The third-order valence-corrected chi connectivity index (χ3v) is 3.88. The Morgan fingerprint density at radius 3 is 2.85 bits per heavy atom. The molecular weight excluding hydrogens is 258 g/mol. The fraction of sp³-hybridized carbons (Fsp3) is 0.769. The molecule has 1 amide bonds. The van der Waals surface area contributed by atoms with Crippen molar-refractivity contribution < 1.29 is 9.90 Å². The van der Waals surface area contributed by atoms with E-state index in [2.05, 4.69) is 10.2 Å². The molecule has 3 atom stereocenters. The molecule has 7 nitrogen and oxygen atoms in total. The third kappa shape index (κ3) is 2.99. The van der Waals surface area contributed by atoms with Crippen LogP contribution in [0, 0.1) is 5.92 Å². The van der Waals surface area contributed by atoms with Gasteiger partial charge in [0.2, 0.25) is 5.91 Å². The number of aliphatic hydroxyl groups is 1. The van der Waals surface area contributed by atoms with Gasteiger partial charge in [0, 0.05) is 25.0 Å². The summed E-state index contributed by atoms with van der Waals surface area (Å²) in [6.45, 7) is 4.50. The molecule has 112 valence electrons. The summed E-state index contributed by atoms with van der Waals surface area (Å²) in [5, 5.41) is 17.6. The van der Waals surface area contributed by atoms with Crippen molar-refractivity contribution in [3.63, 3.8) is 0 Å². The molecule has 1 heterocycles. The van der Waals surface area contributed by atoms with E-state index in [-0.39, 0.29) is 23.9 Å². The van der Waals surface area contributed by atoms with E-state index in [1.807, 2.05) is 18.4 Å². The second kappa shape index (κ2) is 5.88. The van der Waals surface area contributed by atoms with Crippen molar-refractivity contribution in [3.8, 4) is 0 Å². The maximum absolute atomic E-state index is 12.3. The van der Waals surface area contributed by atoms with E-state index in [4.69, 9.17) is 5.73 Å². The molecule has 0 saturated heterocycles. The summed E-state index contributed by atoms with van der Waals surface area (Å²) in [4.78, 5) is 14.0. The number of carbonyl (C=O) groups is 1. The normalized spacial score (nSPS) is 26.2. The van der Waals surface area contributed by atoms with Crippen molar-refractivity contribution in [1.29, 1.82) is 0 Å². The van der Waals surface area contributed by atoms with Gasteiger partial charge in [0.1, 0.15) is 6.33 Å². The standard InChI is InChI=1S/C13H23N5O2/c1-8(2)18-7-15-16-12(18)6-17(3)13(20)9-4-10(14)11(19)5-9/h7-11,19H,4-6,14H2,1-3H3/t9-,10-,11-/m0/s1. The quantitative estimate of drug-likeness (QED) is 0.804. The topological polar surface area (TPSA) is 97.3 Å². The Hall–Kier alpha value is -1.47. The lowest BCUT2D eigenvalue weighted by Crippen LogP contribution is -2.33. The average Bonchev–Trinajstić information content (AvgIpc) is 2.96. The lowest BCUT2D eigenvalue weighted by atomic mass is 10.1. The van der Waals surface area contributed by atoms with Crippen molar-refractivity contribution in [2.45, 2.75) is 51.4 Å². The molecule has 0 spiro atoms. The molecule has 0 aliphatic heterocycles. The van der Waals surface area contributed by atoms with Crippen LogP contribution in [0.5, 0.6) is 0 Å². The molecular formula is C13H23N5O2. The first kappa shape index (κ1) is 14.9. The number of nitrogens with two attached hydrogens (primary N) is 1. The third-order valence-electron chi connectivity index (χ3n) is 3.88. The Kier molecular flexibility index (Phi) is 4.39. The molecule has 1 fully saturated rings. The summed E-state index contributed by atoms with van der Waals surface area (Å²) in [5.41, 5.74) is 5.76. The Balaban J connectivity index is 1.99. The van der Waals surface area contributed by atoms with Gasteiger partial charge in [-0.1, -0.05) is 0 Å². The van der Waals surface area contributed by atoms with Gasteiger partial charge < -0.3 is 20.3 Å². The summed E-state index contributed by atoms with van der Waals surface area (Å²) in [5.74, 6) is 0.578. The van der Waals surface area contributed by atoms with Crippen molar-refractivity contribution in [2.75, 3.05) is 7.05 Å². The fourth-order valence-corrected chi connectivity index (χ4v) is 2.66. The van der Waals surface area contributed by atoms with Gasteiger partial charge in [0.15, 0.2) is 5.82 Å². The van der Waals surface area contributed by atoms with E-state index in [0.717, 1.165) is 5.82 Å². The monoisotopic (exact) mass is 281 g/mol. The number of nitrogens with zero attached hydrogens (tertiary/aromatic N) is 4. The lowest BCUT2D eigenvalue weighted by molar-refractivity contribution is -0.134. The molecule has 20 heavy (non-hydrogen) atoms. The first-order valence-electron chi connectivity index (χ1n) is 6.97. The Morgan fingerprint density at radius 2 is 2.30 bits per heavy atom. The minimum atomic E-state index is -0.573. The van der Waals surface area contributed by atoms with Crippen LogP contribution in [-0.2, 0) is 11.3 Å². The van der Waals surface area contributed by atoms with Crippen molar-refractivity contribution in [3.05, 3.63) is 12.2 Å². The van der Waals surface area contributed by atoms with Crippen molar-refractivity contribution in [2.24, 2.45) is 11.7 Å². The predicted molar refractivity (Wildman–Crippen MR) is 73.6 cm³/mol. The number of rotatable bonds is 4. The van der Waals surface area contributed by atoms with Crippen LogP contribution in [0.3, 0.4) is 0 Å². The van der Waals surface area contributed by atoms with E-state index in [1.54, 1.807) is 18.3 Å². The largest absolute Gasteiger partial charge is 0.391 e. The number of aliphatic hydroxyl groups excluding tert-OH is 1. The van der Waals surface area contributed by atoms with E-state index in [1.165, 1.54) is 0 Å². The minimum absolute atomic E-state index is 0.00954. The van der Waals surface area contributed by atoms with E-state index < -0.39 is 6.10 Å². The molecule has 0 aromatic carbocycles. The van der Waals surface area contributed by atoms with Crippen LogP contribution in [0.2, 0.25) is 0 Å². The second-order valence-electron chi connectivity index (χ2n) is 5.84. The van der Waals surface area contributed by atoms with Crippen LogP contribution in [0.25, 0.3) is 0 Å². The molecule has 0 radical (unpaired) electrons. The fourth-order valence-electron chi connectivity index (χ4n) is 2.66. The summed E-state index contributed by atoms with van der Waals surface area (Å²) in [6, 6.07) is -0.0399. The lowest BCUT2D eigenvalue weighted by Gasteiger charge is -2.21. The van der Waals surface area contributed by atoms with Gasteiger partial charge in [-0.2, -0.15) is 0 Å². The SMILES string of the molecule is CC(C)n1cnnc1CN(C)C(=O)[C@H]1C[C@H](N)[C@@H](O)C1. The van der Waals surface area contributed by atoms with Gasteiger partial charge in [-0.15, -0.1) is 10.2 Å². The summed E-state index contributed by atoms with van der Waals surface area (Å²) >= 11 is 0. The van der Waals surface area contributed by atoms with Crippen LogP contribution in [0.1, 0.15) is 38.6 Å². The van der Waals surface area contributed by atoms with Gasteiger partial charge in [-0.05, 0) is 26.7 Å². The highest BCUT2D eigenvalue weighted by atomic mass is 16.3. The van der Waals surface area contributed by atoms with Crippen LogP contribution in [0.15, 0.2) is 6.33 Å². The zero-order chi connectivity index (χ0) is 14.9. The van der Waals surface area contributed by atoms with Crippen LogP contribution >= 0.6 is 0 Å². The van der Waals surface area contributed by atoms with Crippen molar-refractivity contribution in [1.82, 2.24) is 19.7 Å². The molecule has 1 aromatic rings. The number of amides is 1. The van der Waals surface area contributed by atoms with E-state index in [0.29, 0.717) is 19.4 Å². The van der Waals surface area contributed by atoms with Gasteiger partial charge in [0.05, 0.1) is 12.6 Å². The van der Waals surface area contributed by atoms with E-state index in [9.17, 15) is 9.90 Å². The highest BCUT2D eigenvalue weighted by Gasteiger charge is 2.36. The summed E-state index contributed by atoms with van der Waals surface area (Å²) in [7, 11) is 1.75. The Bertz CT molecular complexity index is 463. The minimum Gasteiger partial charge on any atom is -0.391 e. The van der Waals surface area contributed by atoms with Crippen LogP contribution < -0.4 is 5.73 Å². The Morgan fingerprint density at radius 1 is 1.60 bits per heavy atom. The number of hydrogen-bond acceptors (Lipinski definition) is 5. The molecule has 1 aliphatic carbocycles. The highest BCUT2D eigenvalue weighted by Crippen LogP contribution is 2.26. The van der Waals surface area contributed by atoms with Crippen LogP contribution in [0.4, 0.5) is 0 Å². The maximum Gasteiger partial charge on any atom is 0.225 e. The second-order valence-corrected chi connectivity index (χ2v) is 5.84. The molecule has 0 unspecified atom stereocenters. The highest BCUT2D eigenvalue weighted by molar-refractivity contribution is 5.79. The summed E-state index contributed by atoms with van der Waals surface area (Å²) < 4.78 is 1.94. The smallest absolute Gasteiger partial charge is 0.225 e. The molecule has 3 N–H and O–H groups in total. The Labute approximate surface area is 118 Å². The number of aromatic nitrogens is 3. The maximum atomic E-state index is 12.3.